The summed E-state index contributed by atoms with van der Waals surface area (Å²) < 4.78 is 6.55. The maximum absolute atomic E-state index is 6.55. The van der Waals surface area contributed by atoms with Crippen molar-refractivity contribution in [1.29, 1.82) is 0 Å². The van der Waals surface area contributed by atoms with Gasteiger partial charge < -0.3 is 4.42 Å². The molecule has 0 atom stereocenters. The molecule has 0 aliphatic carbocycles. The summed E-state index contributed by atoms with van der Waals surface area (Å²) in [5.74, 6) is 0. The lowest BCUT2D eigenvalue weighted by molar-refractivity contribution is 0.655. The quantitative estimate of drug-likeness (QED) is 0.206. The standard InChI is InChI=1S/C41H25NO/c1-2-10-26(11-3-1)27-12-8-13-28(24-27)30-18-9-19-36-37-22-23-39(42-41(37)43-40(30)36)29-20-21-35-33-16-5-4-14-31(33)32-15-6-7-17-34(32)38(35)25-29/h1-25H. The number of nitrogens with zero attached hydrogens (tertiary/aromatic N) is 1. The first-order valence-electron chi connectivity index (χ1n) is 14.6. The molecule has 0 bridgehead atoms. The first-order chi connectivity index (χ1) is 21.3. The van der Waals surface area contributed by atoms with Crippen molar-refractivity contribution in [2.24, 2.45) is 0 Å². The Morgan fingerprint density at radius 1 is 0.349 bits per heavy atom. The van der Waals surface area contributed by atoms with Gasteiger partial charge in [0, 0.05) is 21.9 Å². The molecule has 0 fully saturated rings. The Bertz CT molecular complexity index is 2470. The number of hydrogen-bond donors (Lipinski definition) is 0. The molecule has 200 valence electrons. The minimum atomic E-state index is 0.655. The maximum atomic E-state index is 6.55. The number of rotatable bonds is 3. The lowest BCUT2D eigenvalue weighted by atomic mass is 9.93. The molecule has 2 heterocycles. The lowest BCUT2D eigenvalue weighted by Crippen LogP contribution is -1.87. The molecule has 0 radical (unpaired) electrons. The molecule has 0 aliphatic heterocycles. The van der Waals surface area contributed by atoms with Crippen LogP contribution < -0.4 is 0 Å². The summed E-state index contributed by atoms with van der Waals surface area (Å²) in [6.45, 7) is 0. The molecule has 0 saturated heterocycles. The Morgan fingerprint density at radius 2 is 0.930 bits per heavy atom. The Morgan fingerprint density at radius 3 is 1.70 bits per heavy atom. The van der Waals surface area contributed by atoms with Crippen molar-refractivity contribution < 1.29 is 4.42 Å². The Hall–Kier alpha value is -5.73. The van der Waals surface area contributed by atoms with E-state index in [1.807, 2.05) is 6.07 Å². The molecule has 7 aromatic carbocycles. The van der Waals surface area contributed by atoms with Crippen LogP contribution in [0.15, 0.2) is 156 Å². The van der Waals surface area contributed by atoms with Gasteiger partial charge in [0.1, 0.15) is 5.58 Å². The van der Waals surface area contributed by atoms with E-state index in [0.717, 1.165) is 38.7 Å². The molecular formula is C41H25NO. The van der Waals surface area contributed by atoms with Crippen molar-refractivity contribution in [3.05, 3.63) is 152 Å². The lowest BCUT2D eigenvalue weighted by Gasteiger charge is -2.11. The fourth-order valence-electron chi connectivity index (χ4n) is 6.63. The zero-order valence-electron chi connectivity index (χ0n) is 23.3. The second-order valence-electron chi connectivity index (χ2n) is 11.1. The van der Waals surface area contributed by atoms with Gasteiger partial charge >= 0.3 is 0 Å². The van der Waals surface area contributed by atoms with E-state index in [4.69, 9.17) is 9.40 Å². The van der Waals surface area contributed by atoms with Crippen LogP contribution in [-0.2, 0) is 0 Å². The topological polar surface area (TPSA) is 26.0 Å². The first kappa shape index (κ1) is 23.9. The average Bonchev–Trinajstić information content (AvgIpc) is 3.47. The van der Waals surface area contributed by atoms with E-state index in [-0.39, 0.29) is 0 Å². The first-order valence-corrected chi connectivity index (χ1v) is 14.6. The highest BCUT2D eigenvalue weighted by Crippen LogP contribution is 2.39. The van der Waals surface area contributed by atoms with Gasteiger partial charge in [0.2, 0.25) is 5.71 Å². The van der Waals surface area contributed by atoms with E-state index in [0.29, 0.717) is 5.71 Å². The third-order valence-electron chi connectivity index (χ3n) is 8.68. The van der Waals surface area contributed by atoms with Crippen LogP contribution in [0, 0.1) is 0 Å². The fraction of sp³-hybridized carbons (Fsp3) is 0. The molecule has 2 heteroatoms. The van der Waals surface area contributed by atoms with Crippen LogP contribution >= 0.6 is 0 Å². The smallest absolute Gasteiger partial charge is 0.227 e. The van der Waals surface area contributed by atoms with Gasteiger partial charge in [0.05, 0.1) is 5.69 Å². The minimum Gasteiger partial charge on any atom is -0.437 e. The highest BCUT2D eigenvalue weighted by molar-refractivity contribution is 6.25. The summed E-state index contributed by atoms with van der Waals surface area (Å²) in [5.41, 5.74) is 8.07. The third-order valence-corrected chi connectivity index (χ3v) is 8.68. The Balaban J connectivity index is 1.20. The summed E-state index contributed by atoms with van der Waals surface area (Å²) in [7, 11) is 0. The summed E-state index contributed by atoms with van der Waals surface area (Å²) in [6.07, 6.45) is 0. The number of benzene rings is 7. The van der Waals surface area contributed by atoms with E-state index < -0.39 is 0 Å². The van der Waals surface area contributed by atoms with E-state index in [2.05, 4.69) is 146 Å². The van der Waals surface area contributed by atoms with Crippen LogP contribution in [-0.4, -0.2) is 4.98 Å². The molecular weight excluding hydrogens is 522 g/mol. The van der Waals surface area contributed by atoms with Gasteiger partial charge in [-0.05, 0) is 73.3 Å². The SMILES string of the molecule is c1ccc(-c2cccc(-c3cccc4c3oc3nc(-c5ccc6c7ccccc7c7ccccc7c6c5)ccc34)c2)cc1. The van der Waals surface area contributed by atoms with Gasteiger partial charge in [-0.2, -0.15) is 0 Å². The largest absolute Gasteiger partial charge is 0.437 e. The normalized spacial score (nSPS) is 11.7. The summed E-state index contributed by atoms with van der Waals surface area (Å²) in [5, 5.41) is 9.67. The third kappa shape index (κ3) is 3.77. The van der Waals surface area contributed by atoms with Crippen molar-refractivity contribution in [2.75, 3.05) is 0 Å². The molecule has 43 heavy (non-hydrogen) atoms. The van der Waals surface area contributed by atoms with Crippen LogP contribution in [0.4, 0.5) is 0 Å². The van der Waals surface area contributed by atoms with Gasteiger partial charge in [-0.3, -0.25) is 0 Å². The highest BCUT2D eigenvalue weighted by atomic mass is 16.3. The average molecular weight is 548 g/mol. The second-order valence-corrected chi connectivity index (χ2v) is 11.1. The van der Waals surface area contributed by atoms with Crippen LogP contribution in [0.3, 0.4) is 0 Å². The summed E-state index contributed by atoms with van der Waals surface area (Å²) in [4.78, 5) is 5.07. The van der Waals surface area contributed by atoms with Crippen molar-refractivity contribution in [1.82, 2.24) is 4.98 Å². The number of para-hydroxylation sites is 1. The van der Waals surface area contributed by atoms with Gasteiger partial charge in [-0.25, -0.2) is 4.98 Å². The molecule has 0 unspecified atom stereocenters. The number of pyridine rings is 1. The van der Waals surface area contributed by atoms with Crippen LogP contribution in [0.2, 0.25) is 0 Å². The van der Waals surface area contributed by atoms with Gasteiger partial charge in [-0.15, -0.1) is 0 Å². The molecule has 9 aromatic rings. The zero-order valence-corrected chi connectivity index (χ0v) is 23.3. The fourth-order valence-corrected chi connectivity index (χ4v) is 6.63. The summed E-state index contributed by atoms with van der Waals surface area (Å²) in [6, 6.07) is 53.8. The molecule has 0 spiro atoms. The molecule has 9 rings (SSSR count). The minimum absolute atomic E-state index is 0.655. The van der Waals surface area contributed by atoms with Gasteiger partial charge in [-0.1, -0.05) is 127 Å². The van der Waals surface area contributed by atoms with Crippen LogP contribution in [0.25, 0.3) is 87.9 Å². The van der Waals surface area contributed by atoms with E-state index >= 15 is 0 Å². The van der Waals surface area contributed by atoms with Crippen molar-refractivity contribution in [3.63, 3.8) is 0 Å². The molecule has 2 aromatic heterocycles. The van der Waals surface area contributed by atoms with Crippen LogP contribution in [0.1, 0.15) is 0 Å². The van der Waals surface area contributed by atoms with Gasteiger partial charge in [0.25, 0.3) is 0 Å². The van der Waals surface area contributed by atoms with E-state index in [1.54, 1.807) is 0 Å². The number of hydrogen-bond acceptors (Lipinski definition) is 2. The Labute approximate surface area is 248 Å². The Kier molecular flexibility index (Phi) is 5.23. The highest BCUT2D eigenvalue weighted by Gasteiger charge is 2.15. The van der Waals surface area contributed by atoms with E-state index in [9.17, 15) is 0 Å². The molecule has 0 amide bonds. The molecule has 0 aliphatic rings. The van der Waals surface area contributed by atoms with Gasteiger partial charge in [0.15, 0.2) is 0 Å². The molecule has 0 saturated carbocycles. The zero-order chi connectivity index (χ0) is 28.3. The molecule has 0 N–H and O–H groups in total. The van der Waals surface area contributed by atoms with Crippen LogP contribution in [0.5, 0.6) is 0 Å². The summed E-state index contributed by atoms with van der Waals surface area (Å²) >= 11 is 0. The van der Waals surface area contributed by atoms with Crippen molar-refractivity contribution in [2.45, 2.75) is 0 Å². The van der Waals surface area contributed by atoms with E-state index in [1.165, 1.54) is 43.4 Å². The molecule has 2 nitrogen and oxygen atoms in total. The van der Waals surface area contributed by atoms with Crippen molar-refractivity contribution in [3.8, 4) is 33.5 Å². The van der Waals surface area contributed by atoms with Crippen molar-refractivity contribution >= 4 is 54.4 Å². The second kappa shape index (κ2) is 9.40. The predicted molar refractivity (Wildman–Crippen MR) is 180 cm³/mol. The predicted octanol–water partition coefficient (Wildman–Crippen LogP) is 11.4. The maximum Gasteiger partial charge on any atom is 0.227 e. The number of aromatic nitrogens is 1. The monoisotopic (exact) mass is 547 g/mol. The number of fused-ring (bicyclic) bond motifs is 9. The number of furan rings is 1.